The van der Waals surface area contributed by atoms with Crippen LogP contribution in [0.2, 0.25) is 0 Å². The van der Waals surface area contributed by atoms with Gasteiger partial charge in [0.2, 0.25) is 0 Å². The van der Waals surface area contributed by atoms with Gasteiger partial charge in [0, 0.05) is 5.75 Å². The van der Waals surface area contributed by atoms with Crippen molar-refractivity contribution in [2.24, 2.45) is 0 Å². The van der Waals surface area contributed by atoms with Gasteiger partial charge in [-0.25, -0.2) is 4.39 Å². The van der Waals surface area contributed by atoms with E-state index in [0.717, 1.165) is 0 Å². The van der Waals surface area contributed by atoms with Gasteiger partial charge in [0.25, 0.3) is 0 Å². The van der Waals surface area contributed by atoms with Crippen LogP contribution in [0.5, 0.6) is 5.75 Å². The SMILES string of the molecule is O=C(O)C1CSC(COc2ccc(F)cc2)N1. The van der Waals surface area contributed by atoms with E-state index < -0.39 is 12.0 Å². The highest BCUT2D eigenvalue weighted by molar-refractivity contribution is 8.00. The van der Waals surface area contributed by atoms with E-state index in [9.17, 15) is 9.18 Å². The minimum Gasteiger partial charge on any atom is -0.491 e. The summed E-state index contributed by atoms with van der Waals surface area (Å²) in [6.07, 6.45) is 0. The van der Waals surface area contributed by atoms with Gasteiger partial charge in [-0.3, -0.25) is 10.1 Å². The van der Waals surface area contributed by atoms with Crippen LogP contribution in [0.4, 0.5) is 4.39 Å². The van der Waals surface area contributed by atoms with Crippen molar-refractivity contribution in [2.75, 3.05) is 12.4 Å². The first-order valence-corrected chi connectivity index (χ1v) is 6.19. The second kappa shape index (κ2) is 5.37. The van der Waals surface area contributed by atoms with E-state index in [1.807, 2.05) is 0 Å². The average Bonchev–Trinajstić information content (AvgIpc) is 2.77. The molecule has 2 N–H and O–H groups in total. The lowest BCUT2D eigenvalue weighted by Crippen LogP contribution is -2.38. The average molecular weight is 257 g/mol. The molecule has 2 rings (SSSR count). The standard InChI is InChI=1S/C11H12FNO3S/c12-7-1-3-8(4-2-7)16-5-10-13-9(6-17-10)11(14)15/h1-4,9-10,13H,5-6H2,(H,14,15). The first kappa shape index (κ1) is 12.2. The number of hydrogen-bond donors (Lipinski definition) is 2. The smallest absolute Gasteiger partial charge is 0.321 e. The first-order valence-electron chi connectivity index (χ1n) is 5.14. The molecule has 0 aromatic heterocycles. The van der Waals surface area contributed by atoms with Crippen molar-refractivity contribution < 1.29 is 19.0 Å². The molecule has 0 aliphatic carbocycles. The summed E-state index contributed by atoms with van der Waals surface area (Å²) < 4.78 is 18.1. The molecule has 2 unspecified atom stereocenters. The van der Waals surface area contributed by atoms with Crippen LogP contribution in [0.1, 0.15) is 0 Å². The summed E-state index contributed by atoms with van der Waals surface area (Å²) >= 11 is 1.51. The number of ether oxygens (including phenoxy) is 1. The number of rotatable bonds is 4. The molecule has 0 radical (unpaired) electrons. The number of halogens is 1. The highest BCUT2D eigenvalue weighted by atomic mass is 32.2. The Kier molecular flexibility index (Phi) is 3.86. The van der Waals surface area contributed by atoms with E-state index in [2.05, 4.69) is 5.32 Å². The zero-order valence-electron chi connectivity index (χ0n) is 8.93. The Morgan fingerprint density at radius 3 is 2.82 bits per heavy atom. The summed E-state index contributed by atoms with van der Waals surface area (Å²) in [7, 11) is 0. The van der Waals surface area contributed by atoms with Crippen molar-refractivity contribution in [1.82, 2.24) is 5.32 Å². The van der Waals surface area contributed by atoms with Gasteiger partial charge in [-0.2, -0.15) is 0 Å². The third-order valence-corrected chi connectivity index (χ3v) is 3.56. The molecule has 2 atom stereocenters. The molecule has 1 aromatic carbocycles. The van der Waals surface area contributed by atoms with Crippen molar-refractivity contribution in [3.05, 3.63) is 30.1 Å². The number of hydrogen-bond acceptors (Lipinski definition) is 4. The maximum absolute atomic E-state index is 12.6. The molecule has 0 spiro atoms. The molecular weight excluding hydrogens is 245 g/mol. The molecule has 4 nitrogen and oxygen atoms in total. The fraction of sp³-hybridized carbons (Fsp3) is 0.364. The number of thioether (sulfide) groups is 1. The van der Waals surface area contributed by atoms with E-state index in [0.29, 0.717) is 18.1 Å². The Hall–Kier alpha value is -1.27. The van der Waals surface area contributed by atoms with Crippen LogP contribution < -0.4 is 10.1 Å². The van der Waals surface area contributed by atoms with Crippen LogP contribution in [0.25, 0.3) is 0 Å². The number of carboxylic acid groups (broad SMARTS) is 1. The Balaban J connectivity index is 1.80. The first-order chi connectivity index (χ1) is 8.15. The highest BCUT2D eigenvalue weighted by Gasteiger charge is 2.29. The van der Waals surface area contributed by atoms with E-state index in [-0.39, 0.29) is 11.2 Å². The lowest BCUT2D eigenvalue weighted by atomic mass is 10.3. The molecular formula is C11H12FNO3S. The van der Waals surface area contributed by atoms with Gasteiger partial charge in [-0.05, 0) is 24.3 Å². The predicted octanol–water partition coefficient (Wildman–Crippen LogP) is 1.32. The largest absolute Gasteiger partial charge is 0.491 e. The van der Waals surface area contributed by atoms with Gasteiger partial charge in [-0.1, -0.05) is 0 Å². The van der Waals surface area contributed by atoms with E-state index in [4.69, 9.17) is 9.84 Å². The summed E-state index contributed by atoms with van der Waals surface area (Å²) in [6.45, 7) is 0.361. The van der Waals surface area contributed by atoms with Crippen LogP contribution in [0, 0.1) is 5.82 Å². The summed E-state index contributed by atoms with van der Waals surface area (Å²) in [5.41, 5.74) is 0. The molecule has 0 bridgehead atoms. The number of carbonyl (C=O) groups is 1. The van der Waals surface area contributed by atoms with Gasteiger partial charge in [0.05, 0.1) is 5.37 Å². The molecule has 1 aliphatic heterocycles. The van der Waals surface area contributed by atoms with Gasteiger partial charge >= 0.3 is 5.97 Å². The zero-order valence-corrected chi connectivity index (χ0v) is 9.74. The zero-order chi connectivity index (χ0) is 12.3. The van der Waals surface area contributed by atoms with Crippen molar-refractivity contribution >= 4 is 17.7 Å². The predicted molar refractivity (Wildman–Crippen MR) is 62.7 cm³/mol. The van der Waals surface area contributed by atoms with Gasteiger partial charge in [0.1, 0.15) is 24.2 Å². The van der Waals surface area contributed by atoms with Crippen LogP contribution in [0.15, 0.2) is 24.3 Å². The Labute approximate surface area is 102 Å². The molecule has 1 aromatic rings. The van der Waals surface area contributed by atoms with Crippen LogP contribution in [-0.2, 0) is 4.79 Å². The maximum atomic E-state index is 12.6. The highest BCUT2D eigenvalue weighted by Crippen LogP contribution is 2.20. The number of carboxylic acids is 1. The molecule has 1 fully saturated rings. The fourth-order valence-corrected chi connectivity index (χ4v) is 2.56. The van der Waals surface area contributed by atoms with Gasteiger partial charge < -0.3 is 9.84 Å². The molecule has 0 amide bonds. The summed E-state index contributed by atoms with van der Waals surface area (Å²) in [5.74, 6) is -0.0433. The number of benzene rings is 1. The molecule has 1 saturated heterocycles. The quantitative estimate of drug-likeness (QED) is 0.852. The van der Waals surface area contributed by atoms with Crippen LogP contribution >= 0.6 is 11.8 Å². The Bertz CT molecular complexity index is 398. The third kappa shape index (κ3) is 3.34. The Morgan fingerprint density at radius 2 is 2.24 bits per heavy atom. The summed E-state index contributed by atoms with van der Waals surface area (Å²) in [4.78, 5) is 10.7. The number of aliphatic carboxylic acids is 1. The maximum Gasteiger partial charge on any atom is 0.321 e. The minimum atomic E-state index is -0.846. The lowest BCUT2D eigenvalue weighted by Gasteiger charge is -2.12. The number of nitrogens with one attached hydrogen (secondary N) is 1. The lowest BCUT2D eigenvalue weighted by molar-refractivity contribution is -0.138. The molecule has 6 heteroatoms. The Morgan fingerprint density at radius 1 is 1.53 bits per heavy atom. The molecule has 1 heterocycles. The van der Waals surface area contributed by atoms with Crippen molar-refractivity contribution in [3.8, 4) is 5.75 Å². The third-order valence-electron chi connectivity index (χ3n) is 2.36. The molecule has 92 valence electrons. The molecule has 0 saturated carbocycles. The second-order valence-corrected chi connectivity index (χ2v) is 4.88. The van der Waals surface area contributed by atoms with E-state index in [1.54, 1.807) is 12.1 Å². The molecule has 17 heavy (non-hydrogen) atoms. The normalized spacial score (nSPS) is 23.6. The minimum absolute atomic E-state index is 0.0406. The van der Waals surface area contributed by atoms with Crippen molar-refractivity contribution in [3.63, 3.8) is 0 Å². The van der Waals surface area contributed by atoms with E-state index >= 15 is 0 Å². The van der Waals surface area contributed by atoms with Crippen LogP contribution in [-0.4, -0.2) is 34.9 Å². The topological polar surface area (TPSA) is 58.6 Å². The van der Waals surface area contributed by atoms with Gasteiger partial charge in [-0.15, -0.1) is 11.8 Å². The summed E-state index contributed by atoms with van der Waals surface area (Å²) in [6, 6.07) is 5.23. The van der Waals surface area contributed by atoms with Crippen molar-refractivity contribution in [1.29, 1.82) is 0 Å². The molecule has 1 aliphatic rings. The fourth-order valence-electron chi connectivity index (χ4n) is 1.47. The van der Waals surface area contributed by atoms with E-state index in [1.165, 1.54) is 23.9 Å². The van der Waals surface area contributed by atoms with Gasteiger partial charge in [0.15, 0.2) is 0 Å². The van der Waals surface area contributed by atoms with Crippen LogP contribution in [0.3, 0.4) is 0 Å². The summed E-state index contributed by atoms with van der Waals surface area (Å²) in [5, 5.41) is 11.7. The second-order valence-electron chi connectivity index (χ2n) is 3.64. The monoisotopic (exact) mass is 257 g/mol. The van der Waals surface area contributed by atoms with Crippen molar-refractivity contribution in [2.45, 2.75) is 11.4 Å².